The highest BCUT2D eigenvalue weighted by Crippen LogP contribution is 2.23. The molecule has 1 aliphatic heterocycles. The average Bonchev–Trinajstić information content (AvgIpc) is 2.65. The zero-order valence-corrected chi connectivity index (χ0v) is 16.0. The van der Waals surface area contributed by atoms with Crippen molar-refractivity contribution in [3.8, 4) is 0 Å². The van der Waals surface area contributed by atoms with E-state index in [-0.39, 0.29) is 24.1 Å². The molecule has 6 nitrogen and oxygen atoms in total. The van der Waals surface area contributed by atoms with Crippen LogP contribution >= 0.6 is 0 Å². The first-order chi connectivity index (χ1) is 12.9. The van der Waals surface area contributed by atoms with Crippen LogP contribution in [0.1, 0.15) is 29.8 Å². The summed E-state index contributed by atoms with van der Waals surface area (Å²) in [4.78, 5) is 30.3. The number of likely N-dealkylation sites (tertiary alicyclic amines) is 1. The van der Waals surface area contributed by atoms with Gasteiger partial charge in [-0.3, -0.25) is 9.36 Å². The molecule has 0 bridgehead atoms. The molecule has 1 fully saturated rings. The van der Waals surface area contributed by atoms with Gasteiger partial charge in [-0.15, -0.1) is 0 Å². The van der Waals surface area contributed by atoms with Crippen LogP contribution < -0.4 is 5.69 Å². The summed E-state index contributed by atoms with van der Waals surface area (Å²) in [5.41, 5.74) is 2.16. The van der Waals surface area contributed by atoms with Gasteiger partial charge in [0.25, 0.3) is 0 Å². The lowest BCUT2D eigenvalue weighted by molar-refractivity contribution is -0.134. The molecule has 0 radical (unpaired) electrons. The molecule has 144 valence electrons. The van der Waals surface area contributed by atoms with Crippen molar-refractivity contribution in [3.05, 3.63) is 63.8 Å². The summed E-state index contributed by atoms with van der Waals surface area (Å²) in [6.45, 7) is 4.84. The van der Waals surface area contributed by atoms with Crippen molar-refractivity contribution in [1.29, 1.82) is 0 Å². The van der Waals surface area contributed by atoms with Crippen LogP contribution in [0.5, 0.6) is 0 Å². The molecule has 1 aromatic carbocycles. The molecular formula is C21H27N3O3. The fourth-order valence-corrected chi connectivity index (χ4v) is 3.76. The monoisotopic (exact) mass is 369 g/mol. The number of hydrogen-bond acceptors (Lipinski definition) is 4. The van der Waals surface area contributed by atoms with Crippen molar-refractivity contribution in [2.45, 2.75) is 45.8 Å². The molecule has 27 heavy (non-hydrogen) atoms. The number of amides is 1. The SMILES string of the molecule is Cc1cc(C)n(CC(=O)N2CCC(C(O)Cc3ccccc3)CC2)c(=O)n1. The highest BCUT2D eigenvalue weighted by Gasteiger charge is 2.27. The molecular weight excluding hydrogens is 342 g/mol. The molecule has 1 saturated heterocycles. The Morgan fingerprint density at radius 3 is 2.52 bits per heavy atom. The first kappa shape index (κ1) is 19.3. The van der Waals surface area contributed by atoms with E-state index in [4.69, 9.17) is 0 Å². The maximum Gasteiger partial charge on any atom is 0.348 e. The lowest BCUT2D eigenvalue weighted by Crippen LogP contribution is -2.44. The number of rotatable bonds is 5. The molecule has 2 heterocycles. The van der Waals surface area contributed by atoms with E-state index in [2.05, 4.69) is 4.98 Å². The number of piperidine rings is 1. The van der Waals surface area contributed by atoms with Gasteiger partial charge >= 0.3 is 5.69 Å². The molecule has 1 unspecified atom stereocenters. The lowest BCUT2D eigenvalue weighted by Gasteiger charge is -2.34. The second kappa shape index (κ2) is 8.48. The number of carbonyl (C=O) groups excluding carboxylic acids is 1. The fraction of sp³-hybridized carbons (Fsp3) is 0.476. The first-order valence-electron chi connectivity index (χ1n) is 9.49. The van der Waals surface area contributed by atoms with Gasteiger partial charge in [0.1, 0.15) is 6.54 Å². The van der Waals surface area contributed by atoms with E-state index in [1.807, 2.05) is 37.3 Å². The van der Waals surface area contributed by atoms with E-state index < -0.39 is 6.10 Å². The van der Waals surface area contributed by atoms with Gasteiger partial charge in [0.05, 0.1) is 6.10 Å². The third-order valence-corrected chi connectivity index (χ3v) is 5.36. The predicted octanol–water partition coefficient (Wildman–Crippen LogP) is 1.70. The van der Waals surface area contributed by atoms with Crippen LogP contribution in [0.3, 0.4) is 0 Å². The topological polar surface area (TPSA) is 75.4 Å². The number of aliphatic hydroxyl groups is 1. The second-order valence-electron chi connectivity index (χ2n) is 7.38. The van der Waals surface area contributed by atoms with Crippen LogP contribution in [-0.4, -0.2) is 44.7 Å². The van der Waals surface area contributed by atoms with E-state index in [9.17, 15) is 14.7 Å². The summed E-state index contributed by atoms with van der Waals surface area (Å²) in [6.07, 6.45) is 1.80. The van der Waals surface area contributed by atoms with Gasteiger partial charge in [0.2, 0.25) is 5.91 Å². The Kier molecular flexibility index (Phi) is 6.06. The van der Waals surface area contributed by atoms with Gasteiger partial charge in [0, 0.05) is 24.5 Å². The van der Waals surface area contributed by atoms with Gasteiger partial charge in [-0.05, 0) is 50.7 Å². The molecule has 6 heteroatoms. The van der Waals surface area contributed by atoms with Crippen molar-refractivity contribution in [2.75, 3.05) is 13.1 Å². The molecule has 1 N–H and O–H groups in total. The third-order valence-electron chi connectivity index (χ3n) is 5.36. The van der Waals surface area contributed by atoms with Crippen molar-refractivity contribution in [3.63, 3.8) is 0 Å². The Morgan fingerprint density at radius 2 is 1.89 bits per heavy atom. The summed E-state index contributed by atoms with van der Waals surface area (Å²) in [7, 11) is 0. The maximum atomic E-state index is 12.6. The number of hydrogen-bond donors (Lipinski definition) is 1. The Labute approximate surface area is 159 Å². The molecule has 0 aliphatic carbocycles. The molecule has 1 amide bonds. The Balaban J connectivity index is 1.54. The van der Waals surface area contributed by atoms with Crippen molar-refractivity contribution in [1.82, 2.24) is 14.5 Å². The normalized spacial score (nSPS) is 16.3. The summed E-state index contributed by atoms with van der Waals surface area (Å²) >= 11 is 0. The minimum atomic E-state index is -0.393. The number of aromatic nitrogens is 2. The number of nitrogens with zero attached hydrogens (tertiary/aromatic N) is 3. The largest absolute Gasteiger partial charge is 0.392 e. The minimum Gasteiger partial charge on any atom is -0.392 e. The number of carbonyl (C=O) groups is 1. The summed E-state index contributed by atoms with van der Waals surface area (Å²) < 4.78 is 1.42. The fourth-order valence-electron chi connectivity index (χ4n) is 3.76. The summed E-state index contributed by atoms with van der Waals surface area (Å²) in [5, 5.41) is 10.5. The van der Waals surface area contributed by atoms with Gasteiger partial charge in [0.15, 0.2) is 0 Å². The van der Waals surface area contributed by atoms with Crippen LogP contribution in [0, 0.1) is 19.8 Å². The average molecular weight is 369 g/mol. The zero-order chi connectivity index (χ0) is 19.4. The van der Waals surface area contributed by atoms with E-state index in [0.717, 1.165) is 24.1 Å². The molecule has 2 aromatic rings. The Hall–Kier alpha value is -2.47. The molecule has 1 atom stereocenters. The van der Waals surface area contributed by atoms with Crippen molar-refractivity contribution >= 4 is 5.91 Å². The molecule has 3 rings (SSSR count). The molecule has 0 saturated carbocycles. The number of aryl methyl sites for hydroxylation is 2. The summed E-state index contributed by atoms with van der Waals surface area (Å²) in [5.74, 6) is 0.126. The minimum absolute atomic E-state index is 0.0230. The van der Waals surface area contributed by atoms with E-state index in [1.54, 1.807) is 17.9 Å². The standard InChI is InChI=1S/C21H27N3O3/c1-15-12-16(2)24(21(27)22-15)14-20(26)23-10-8-18(9-11-23)19(25)13-17-6-4-3-5-7-17/h3-7,12,18-19,25H,8-11,13-14H2,1-2H3. The van der Waals surface area contributed by atoms with E-state index >= 15 is 0 Å². The third kappa shape index (κ3) is 4.83. The molecule has 1 aliphatic rings. The van der Waals surface area contributed by atoms with Gasteiger partial charge in [-0.25, -0.2) is 4.79 Å². The number of aliphatic hydroxyl groups excluding tert-OH is 1. The second-order valence-corrected chi connectivity index (χ2v) is 7.38. The quantitative estimate of drug-likeness (QED) is 0.870. The first-order valence-corrected chi connectivity index (χ1v) is 9.49. The van der Waals surface area contributed by atoms with Crippen molar-refractivity contribution < 1.29 is 9.90 Å². The number of benzene rings is 1. The van der Waals surface area contributed by atoms with Crippen LogP contribution in [-0.2, 0) is 17.8 Å². The predicted molar refractivity (Wildman–Crippen MR) is 103 cm³/mol. The summed E-state index contributed by atoms with van der Waals surface area (Å²) in [6, 6.07) is 11.8. The van der Waals surface area contributed by atoms with E-state index in [0.29, 0.717) is 25.2 Å². The lowest BCUT2D eigenvalue weighted by atomic mass is 9.88. The molecule has 0 spiro atoms. The van der Waals surface area contributed by atoms with Crippen molar-refractivity contribution in [2.24, 2.45) is 5.92 Å². The van der Waals surface area contributed by atoms with Gasteiger partial charge in [-0.1, -0.05) is 30.3 Å². The van der Waals surface area contributed by atoms with Crippen LogP contribution in [0.4, 0.5) is 0 Å². The smallest absolute Gasteiger partial charge is 0.348 e. The van der Waals surface area contributed by atoms with Crippen LogP contribution in [0.25, 0.3) is 0 Å². The zero-order valence-electron chi connectivity index (χ0n) is 16.0. The highest BCUT2D eigenvalue weighted by atomic mass is 16.3. The van der Waals surface area contributed by atoms with Gasteiger partial charge in [-0.2, -0.15) is 4.98 Å². The van der Waals surface area contributed by atoms with Gasteiger partial charge < -0.3 is 10.0 Å². The van der Waals surface area contributed by atoms with Crippen LogP contribution in [0.15, 0.2) is 41.2 Å². The van der Waals surface area contributed by atoms with Crippen LogP contribution in [0.2, 0.25) is 0 Å². The molecule has 1 aromatic heterocycles. The maximum absolute atomic E-state index is 12.6. The van der Waals surface area contributed by atoms with E-state index in [1.165, 1.54) is 4.57 Å². The Morgan fingerprint density at radius 1 is 1.22 bits per heavy atom. The Bertz CT molecular complexity index is 839. The highest BCUT2D eigenvalue weighted by molar-refractivity contribution is 5.76.